The number of benzene rings is 1. The molecule has 0 radical (unpaired) electrons. The SMILES string of the molecule is CC(C)(C(=O)NC1(CBr)CCCC1)c1ccccc1. The summed E-state index contributed by atoms with van der Waals surface area (Å²) in [5, 5.41) is 4.14. The number of carbonyl (C=O) groups excluding carboxylic acids is 1. The quantitative estimate of drug-likeness (QED) is 0.839. The summed E-state index contributed by atoms with van der Waals surface area (Å²) < 4.78 is 0. The van der Waals surface area contributed by atoms with Gasteiger partial charge in [0, 0.05) is 10.9 Å². The Hall–Kier alpha value is -0.830. The van der Waals surface area contributed by atoms with Crippen molar-refractivity contribution in [3.05, 3.63) is 35.9 Å². The molecule has 0 heterocycles. The lowest BCUT2D eigenvalue weighted by Crippen LogP contribution is -2.53. The normalized spacial score (nSPS) is 18.3. The zero-order chi connectivity index (χ0) is 13.9. The molecule has 0 aromatic heterocycles. The van der Waals surface area contributed by atoms with Crippen LogP contribution in [0.25, 0.3) is 0 Å². The average Bonchev–Trinajstić information content (AvgIpc) is 2.89. The molecule has 1 aromatic rings. The number of hydrogen-bond donors (Lipinski definition) is 1. The fraction of sp³-hybridized carbons (Fsp3) is 0.562. The van der Waals surface area contributed by atoms with Crippen molar-refractivity contribution in [3.63, 3.8) is 0 Å². The fourth-order valence-corrected chi connectivity index (χ4v) is 3.43. The standard InChI is InChI=1S/C16H22BrNO/c1-15(2,13-8-4-3-5-9-13)14(19)18-16(12-17)10-6-7-11-16/h3-5,8-9H,6-7,10-12H2,1-2H3,(H,18,19). The van der Waals surface area contributed by atoms with Crippen molar-refractivity contribution in [2.45, 2.75) is 50.5 Å². The molecule has 19 heavy (non-hydrogen) atoms. The number of amides is 1. The Bertz CT molecular complexity index is 435. The van der Waals surface area contributed by atoms with Crippen molar-refractivity contribution in [1.29, 1.82) is 0 Å². The van der Waals surface area contributed by atoms with Crippen LogP contribution in [0.5, 0.6) is 0 Å². The molecule has 1 aliphatic carbocycles. The summed E-state index contributed by atoms with van der Waals surface area (Å²) >= 11 is 3.57. The van der Waals surface area contributed by atoms with Crippen LogP contribution in [0.3, 0.4) is 0 Å². The van der Waals surface area contributed by atoms with Crippen LogP contribution < -0.4 is 5.32 Å². The molecule has 0 atom stereocenters. The van der Waals surface area contributed by atoms with Crippen molar-refractivity contribution < 1.29 is 4.79 Å². The molecule has 1 aromatic carbocycles. The molecule has 1 N–H and O–H groups in total. The summed E-state index contributed by atoms with van der Waals surface area (Å²) in [7, 11) is 0. The van der Waals surface area contributed by atoms with Gasteiger partial charge in [-0.05, 0) is 32.3 Å². The van der Waals surface area contributed by atoms with E-state index in [0.717, 1.165) is 23.7 Å². The summed E-state index contributed by atoms with van der Waals surface area (Å²) in [5.74, 6) is 0.125. The molecule has 0 spiro atoms. The minimum atomic E-state index is -0.487. The predicted molar refractivity (Wildman–Crippen MR) is 82.6 cm³/mol. The highest BCUT2D eigenvalue weighted by molar-refractivity contribution is 9.09. The molecule has 2 nitrogen and oxygen atoms in total. The van der Waals surface area contributed by atoms with Gasteiger partial charge < -0.3 is 5.32 Å². The number of carbonyl (C=O) groups is 1. The number of nitrogens with one attached hydrogen (secondary N) is 1. The third-order valence-corrected chi connectivity index (χ3v) is 5.33. The Morgan fingerprint density at radius 1 is 1.26 bits per heavy atom. The second-order valence-corrected chi connectivity index (χ2v) is 6.63. The van der Waals surface area contributed by atoms with Gasteiger partial charge in [-0.2, -0.15) is 0 Å². The van der Waals surface area contributed by atoms with E-state index >= 15 is 0 Å². The summed E-state index contributed by atoms with van der Waals surface area (Å²) in [5.41, 5.74) is 0.539. The molecule has 1 aliphatic rings. The van der Waals surface area contributed by atoms with Gasteiger partial charge in [-0.15, -0.1) is 0 Å². The molecule has 2 rings (SSSR count). The van der Waals surface area contributed by atoms with Crippen molar-refractivity contribution >= 4 is 21.8 Å². The molecule has 3 heteroatoms. The van der Waals surface area contributed by atoms with Crippen LogP contribution in [0, 0.1) is 0 Å². The summed E-state index contributed by atoms with van der Waals surface area (Å²) in [6.45, 7) is 3.99. The Morgan fingerprint density at radius 2 is 1.84 bits per heavy atom. The molecular formula is C16H22BrNO. The van der Waals surface area contributed by atoms with Crippen LogP contribution >= 0.6 is 15.9 Å². The highest BCUT2D eigenvalue weighted by atomic mass is 79.9. The lowest BCUT2D eigenvalue weighted by molar-refractivity contribution is -0.127. The summed E-state index contributed by atoms with van der Waals surface area (Å²) in [6.07, 6.45) is 4.57. The Morgan fingerprint density at radius 3 is 2.37 bits per heavy atom. The molecule has 0 aliphatic heterocycles. The lowest BCUT2D eigenvalue weighted by Gasteiger charge is -2.33. The average molecular weight is 324 g/mol. The van der Waals surface area contributed by atoms with Crippen LogP contribution in [-0.4, -0.2) is 16.8 Å². The number of rotatable bonds is 4. The molecule has 0 unspecified atom stereocenters. The lowest BCUT2D eigenvalue weighted by atomic mass is 9.82. The molecule has 1 saturated carbocycles. The van der Waals surface area contributed by atoms with Gasteiger partial charge >= 0.3 is 0 Å². The first kappa shape index (κ1) is 14.6. The van der Waals surface area contributed by atoms with Crippen LogP contribution in [0.15, 0.2) is 30.3 Å². The van der Waals surface area contributed by atoms with E-state index in [4.69, 9.17) is 0 Å². The number of hydrogen-bond acceptors (Lipinski definition) is 1. The minimum Gasteiger partial charge on any atom is -0.349 e. The van der Waals surface area contributed by atoms with E-state index in [9.17, 15) is 4.79 Å². The van der Waals surface area contributed by atoms with Crippen molar-refractivity contribution in [3.8, 4) is 0 Å². The van der Waals surface area contributed by atoms with Gasteiger partial charge in [0.2, 0.25) is 5.91 Å². The van der Waals surface area contributed by atoms with E-state index in [0.29, 0.717) is 0 Å². The van der Waals surface area contributed by atoms with Gasteiger partial charge in [-0.25, -0.2) is 0 Å². The van der Waals surface area contributed by atoms with Gasteiger partial charge in [0.25, 0.3) is 0 Å². The van der Waals surface area contributed by atoms with Crippen LogP contribution in [0.2, 0.25) is 0 Å². The molecule has 0 saturated heterocycles. The monoisotopic (exact) mass is 323 g/mol. The van der Waals surface area contributed by atoms with E-state index in [1.165, 1.54) is 12.8 Å². The van der Waals surface area contributed by atoms with Gasteiger partial charge in [0.05, 0.1) is 5.41 Å². The van der Waals surface area contributed by atoms with Gasteiger partial charge in [-0.1, -0.05) is 59.1 Å². The van der Waals surface area contributed by atoms with E-state index in [1.807, 2.05) is 44.2 Å². The second-order valence-electron chi connectivity index (χ2n) is 6.07. The molecule has 1 amide bonds. The zero-order valence-electron chi connectivity index (χ0n) is 11.7. The molecule has 0 bridgehead atoms. The fourth-order valence-electron chi connectivity index (χ4n) is 2.73. The smallest absolute Gasteiger partial charge is 0.230 e. The number of alkyl halides is 1. The van der Waals surface area contributed by atoms with Gasteiger partial charge in [0.1, 0.15) is 0 Å². The first-order valence-electron chi connectivity index (χ1n) is 6.94. The van der Waals surface area contributed by atoms with Crippen LogP contribution in [-0.2, 0) is 10.2 Å². The Labute approximate surface area is 124 Å². The second kappa shape index (κ2) is 5.66. The Balaban J connectivity index is 2.15. The van der Waals surface area contributed by atoms with Crippen LogP contribution in [0.1, 0.15) is 45.1 Å². The van der Waals surface area contributed by atoms with Crippen molar-refractivity contribution in [1.82, 2.24) is 5.32 Å². The van der Waals surface area contributed by atoms with Gasteiger partial charge in [0.15, 0.2) is 0 Å². The summed E-state index contributed by atoms with van der Waals surface area (Å²) in [4.78, 5) is 12.7. The maximum atomic E-state index is 12.7. The van der Waals surface area contributed by atoms with Gasteiger partial charge in [-0.3, -0.25) is 4.79 Å². The van der Waals surface area contributed by atoms with E-state index in [-0.39, 0.29) is 11.4 Å². The van der Waals surface area contributed by atoms with Crippen LogP contribution in [0.4, 0.5) is 0 Å². The topological polar surface area (TPSA) is 29.1 Å². The highest BCUT2D eigenvalue weighted by Gasteiger charge is 2.39. The van der Waals surface area contributed by atoms with E-state index in [2.05, 4.69) is 21.2 Å². The van der Waals surface area contributed by atoms with Crippen molar-refractivity contribution in [2.75, 3.05) is 5.33 Å². The highest BCUT2D eigenvalue weighted by Crippen LogP contribution is 2.33. The zero-order valence-corrected chi connectivity index (χ0v) is 13.3. The summed E-state index contributed by atoms with van der Waals surface area (Å²) in [6, 6.07) is 10.00. The molecule has 1 fully saturated rings. The largest absolute Gasteiger partial charge is 0.349 e. The third-order valence-electron chi connectivity index (χ3n) is 4.26. The first-order chi connectivity index (χ1) is 9.00. The maximum absolute atomic E-state index is 12.7. The molecule has 104 valence electrons. The maximum Gasteiger partial charge on any atom is 0.230 e. The first-order valence-corrected chi connectivity index (χ1v) is 8.06. The number of halogens is 1. The van der Waals surface area contributed by atoms with E-state index in [1.54, 1.807) is 0 Å². The van der Waals surface area contributed by atoms with Crippen molar-refractivity contribution in [2.24, 2.45) is 0 Å². The Kier molecular flexibility index (Phi) is 4.34. The molecular weight excluding hydrogens is 302 g/mol. The third kappa shape index (κ3) is 3.02. The minimum absolute atomic E-state index is 0.0386. The predicted octanol–water partition coefficient (Wildman–Crippen LogP) is 3.79. The van der Waals surface area contributed by atoms with E-state index < -0.39 is 5.41 Å².